The molecule has 1 rings (SSSR count). The first-order valence-corrected chi connectivity index (χ1v) is 5.09. The molecule has 14 heavy (non-hydrogen) atoms. The second kappa shape index (κ2) is 4.76. The van der Waals surface area contributed by atoms with Crippen LogP contribution in [0, 0.1) is 0 Å². The summed E-state index contributed by atoms with van der Waals surface area (Å²) in [4.78, 5) is 22.6. The number of carbonyl (C=O) groups is 2. The molecule has 2 N–H and O–H groups in total. The molecule has 0 bridgehead atoms. The number of hydrogen-bond donors (Lipinski definition) is 2. The second-order valence-electron chi connectivity index (χ2n) is 2.73. The Labute approximate surface area is 85.6 Å². The highest BCUT2D eigenvalue weighted by molar-refractivity contribution is 7.10. The lowest BCUT2D eigenvalue weighted by Gasteiger charge is -1.98. The van der Waals surface area contributed by atoms with E-state index in [1.165, 1.54) is 11.3 Å². The first kappa shape index (κ1) is 10.7. The van der Waals surface area contributed by atoms with E-state index in [1.807, 2.05) is 6.92 Å². The number of carboxylic acid groups (broad SMARTS) is 1. The average Bonchev–Trinajstić information content (AvgIpc) is 2.62. The SMILES string of the molecule is CCc1cc(C(=O)NCC(=O)O)cs1. The van der Waals surface area contributed by atoms with Crippen molar-refractivity contribution >= 4 is 23.2 Å². The molecule has 0 saturated carbocycles. The van der Waals surface area contributed by atoms with Gasteiger partial charge < -0.3 is 10.4 Å². The monoisotopic (exact) mass is 213 g/mol. The quantitative estimate of drug-likeness (QED) is 0.787. The van der Waals surface area contributed by atoms with E-state index < -0.39 is 5.97 Å². The first-order chi connectivity index (χ1) is 6.63. The van der Waals surface area contributed by atoms with E-state index in [0.717, 1.165) is 11.3 Å². The maximum absolute atomic E-state index is 11.3. The van der Waals surface area contributed by atoms with Crippen LogP contribution in [-0.4, -0.2) is 23.5 Å². The van der Waals surface area contributed by atoms with E-state index in [0.29, 0.717) is 5.56 Å². The molecule has 0 atom stereocenters. The molecule has 5 heteroatoms. The van der Waals surface area contributed by atoms with Crippen LogP contribution in [-0.2, 0) is 11.2 Å². The fourth-order valence-electron chi connectivity index (χ4n) is 0.943. The van der Waals surface area contributed by atoms with Crippen LogP contribution in [0.5, 0.6) is 0 Å². The van der Waals surface area contributed by atoms with Gasteiger partial charge in [-0.3, -0.25) is 9.59 Å². The summed E-state index contributed by atoms with van der Waals surface area (Å²) in [6.07, 6.45) is 0.886. The zero-order valence-electron chi connectivity index (χ0n) is 7.74. The van der Waals surface area contributed by atoms with E-state index in [9.17, 15) is 9.59 Å². The Morgan fingerprint density at radius 3 is 2.79 bits per heavy atom. The van der Waals surface area contributed by atoms with Crippen LogP contribution in [0.25, 0.3) is 0 Å². The fourth-order valence-corrected chi connectivity index (χ4v) is 1.76. The van der Waals surface area contributed by atoms with E-state index in [1.54, 1.807) is 11.4 Å². The Morgan fingerprint density at radius 1 is 1.57 bits per heavy atom. The van der Waals surface area contributed by atoms with Crippen LogP contribution in [0.3, 0.4) is 0 Å². The molecular formula is C9H11NO3S. The highest BCUT2D eigenvalue weighted by atomic mass is 32.1. The van der Waals surface area contributed by atoms with Crippen LogP contribution < -0.4 is 5.32 Å². The lowest BCUT2D eigenvalue weighted by atomic mass is 10.2. The topological polar surface area (TPSA) is 66.4 Å². The molecule has 0 aliphatic carbocycles. The summed E-state index contributed by atoms with van der Waals surface area (Å²) in [5.74, 6) is -1.37. The number of aryl methyl sites for hydroxylation is 1. The molecule has 0 radical (unpaired) electrons. The Bertz CT molecular complexity index is 346. The summed E-state index contributed by atoms with van der Waals surface area (Å²) in [5.41, 5.74) is 0.535. The van der Waals surface area contributed by atoms with Crippen LogP contribution in [0.2, 0.25) is 0 Å². The zero-order valence-corrected chi connectivity index (χ0v) is 8.56. The van der Waals surface area contributed by atoms with E-state index >= 15 is 0 Å². The van der Waals surface area contributed by atoms with Crippen molar-refractivity contribution in [2.24, 2.45) is 0 Å². The van der Waals surface area contributed by atoms with Gasteiger partial charge in [0.2, 0.25) is 0 Å². The largest absolute Gasteiger partial charge is 0.480 e. The summed E-state index contributed by atoms with van der Waals surface area (Å²) in [6, 6.07) is 1.78. The van der Waals surface area contributed by atoms with Crippen molar-refractivity contribution in [2.75, 3.05) is 6.54 Å². The third kappa shape index (κ3) is 2.85. The fraction of sp³-hybridized carbons (Fsp3) is 0.333. The van der Waals surface area contributed by atoms with Crippen LogP contribution in [0.4, 0.5) is 0 Å². The van der Waals surface area contributed by atoms with Crippen LogP contribution >= 0.6 is 11.3 Å². The van der Waals surface area contributed by atoms with Crippen molar-refractivity contribution in [1.29, 1.82) is 0 Å². The molecular weight excluding hydrogens is 202 g/mol. The third-order valence-electron chi connectivity index (χ3n) is 1.66. The molecule has 4 nitrogen and oxygen atoms in total. The minimum absolute atomic E-state index is 0.330. The van der Waals surface area contributed by atoms with Gasteiger partial charge in [-0.1, -0.05) is 6.92 Å². The number of carbonyl (C=O) groups excluding carboxylic acids is 1. The number of aliphatic carboxylic acids is 1. The predicted octanol–water partition coefficient (Wildman–Crippen LogP) is 1.12. The molecule has 76 valence electrons. The molecule has 1 heterocycles. The van der Waals surface area contributed by atoms with Gasteiger partial charge in [0.1, 0.15) is 6.54 Å². The number of rotatable bonds is 4. The van der Waals surface area contributed by atoms with E-state index in [2.05, 4.69) is 5.32 Å². The summed E-state index contributed by atoms with van der Waals surface area (Å²) in [5, 5.41) is 12.4. The van der Waals surface area contributed by atoms with Crippen molar-refractivity contribution < 1.29 is 14.7 Å². The summed E-state index contributed by atoms with van der Waals surface area (Å²) in [6.45, 7) is 1.67. The molecule has 0 saturated heterocycles. The predicted molar refractivity (Wildman–Crippen MR) is 53.7 cm³/mol. The van der Waals surface area contributed by atoms with Crippen molar-refractivity contribution in [3.8, 4) is 0 Å². The number of thiophene rings is 1. The Morgan fingerprint density at radius 2 is 2.29 bits per heavy atom. The molecule has 0 spiro atoms. The van der Waals surface area contributed by atoms with Gasteiger partial charge in [0, 0.05) is 10.3 Å². The molecule has 0 fully saturated rings. The maximum Gasteiger partial charge on any atom is 0.322 e. The number of nitrogens with one attached hydrogen (secondary N) is 1. The summed E-state index contributed by atoms with van der Waals surface area (Å²) >= 11 is 1.50. The normalized spacial score (nSPS) is 9.79. The second-order valence-corrected chi connectivity index (χ2v) is 3.73. The van der Waals surface area contributed by atoms with Gasteiger partial charge in [-0.25, -0.2) is 0 Å². The van der Waals surface area contributed by atoms with Gasteiger partial charge in [-0.15, -0.1) is 11.3 Å². The van der Waals surface area contributed by atoms with Gasteiger partial charge in [0.25, 0.3) is 5.91 Å². The molecule has 0 unspecified atom stereocenters. The molecule has 0 aliphatic heterocycles. The number of carboxylic acids is 1. The Balaban J connectivity index is 2.56. The molecule has 0 aliphatic rings. The zero-order chi connectivity index (χ0) is 10.6. The Kier molecular flexibility index (Phi) is 3.64. The van der Waals surface area contributed by atoms with Gasteiger partial charge in [-0.2, -0.15) is 0 Å². The molecule has 0 aromatic carbocycles. The van der Waals surface area contributed by atoms with Gasteiger partial charge in [0.05, 0.1) is 5.56 Å². The third-order valence-corrected chi connectivity index (χ3v) is 2.75. The first-order valence-electron chi connectivity index (χ1n) is 4.21. The van der Waals surface area contributed by atoms with E-state index in [4.69, 9.17) is 5.11 Å². The van der Waals surface area contributed by atoms with Gasteiger partial charge >= 0.3 is 5.97 Å². The lowest BCUT2D eigenvalue weighted by Crippen LogP contribution is -2.28. The number of hydrogen-bond acceptors (Lipinski definition) is 3. The van der Waals surface area contributed by atoms with Gasteiger partial charge in [0.15, 0.2) is 0 Å². The van der Waals surface area contributed by atoms with Crippen molar-refractivity contribution in [3.05, 3.63) is 21.9 Å². The number of amides is 1. The van der Waals surface area contributed by atoms with Crippen molar-refractivity contribution in [2.45, 2.75) is 13.3 Å². The molecule has 1 amide bonds. The smallest absolute Gasteiger partial charge is 0.322 e. The molecule has 1 aromatic rings. The van der Waals surface area contributed by atoms with Crippen LogP contribution in [0.1, 0.15) is 22.2 Å². The lowest BCUT2D eigenvalue weighted by molar-refractivity contribution is -0.135. The summed E-state index contributed by atoms with van der Waals surface area (Å²) < 4.78 is 0. The minimum atomic E-state index is -1.04. The van der Waals surface area contributed by atoms with Crippen LogP contribution in [0.15, 0.2) is 11.4 Å². The highest BCUT2D eigenvalue weighted by Crippen LogP contribution is 2.14. The van der Waals surface area contributed by atoms with Crippen molar-refractivity contribution in [3.63, 3.8) is 0 Å². The Hall–Kier alpha value is -1.36. The summed E-state index contributed by atoms with van der Waals surface area (Å²) in [7, 11) is 0. The minimum Gasteiger partial charge on any atom is -0.480 e. The average molecular weight is 213 g/mol. The highest BCUT2D eigenvalue weighted by Gasteiger charge is 2.08. The van der Waals surface area contributed by atoms with Crippen molar-refractivity contribution in [1.82, 2.24) is 5.32 Å². The maximum atomic E-state index is 11.3. The van der Waals surface area contributed by atoms with Gasteiger partial charge in [-0.05, 0) is 12.5 Å². The standard InChI is InChI=1S/C9H11NO3S/c1-2-7-3-6(5-14-7)9(13)10-4-8(11)12/h3,5H,2,4H2,1H3,(H,10,13)(H,11,12). The van der Waals surface area contributed by atoms with E-state index in [-0.39, 0.29) is 12.5 Å². The molecule has 1 aromatic heterocycles.